The highest BCUT2D eigenvalue weighted by Gasteiger charge is 2.32. The van der Waals surface area contributed by atoms with Crippen LogP contribution in [0.4, 0.5) is 0 Å². The van der Waals surface area contributed by atoms with Gasteiger partial charge in [-0.2, -0.15) is 0 Å². The molecular weight excluding hydrogens is 335 g/mol. The summed E-state index contributed by atoms with van der Waals surface area (Å²) in [6.07, 6.45) is 1.51. The molecule has 5 N–H and O–H groups in total. The number of hydrogen-bond donors (Lipinski definition) is 4. The van der Waals surface area contributed by atoms with Gasteiger partial charge in [0.15, 0.2) is 0 Å². The van der Waals surface area contributed by atoms with Crippen LogP contribution in [0.1, 0.15) is 15.9 Å². The number of aromatic hydroxyl groups is 1. The Hall–Kier alpha value is -1.81. The number of carboxylic acid groups (broad SMARTS) is 1. The van der Waals surface area contributed by atoms with Crippen molar-refractivity contribution >= 4 is 13.8 Å². The SMILES string of the molecule is BCCc1ccc(OC2CN(CC(NC)N(C)CN)C2)c(C(=O)O)c1O. The number of nitrogens with one attached hydrogen (secondary N) is 1. The van der Waals surface area contributed by atoms with Crippen molar-refractivity contribution in [1.29, 1.82) is 0 Å². The van der Waals surface area contributed by atoms with Crippen molar-refractivity contribution in [3.8, 4) is 11.5 Å². The summed E-state index contributed by atoms with van der Waals surface area (Å²) in [7, 11) is 5.83. The zero-order valence-corrected chi connectivity index (χ0v) is 15.7. The smallest absolute Gasteiger partial charge is 0.343 e. The Balaban J connectivity index is 1.98. The largest absolute Gasteiger partial charge is 0.507 e. The van der Waals surface area contributed by atoms with Gasteiger partial charge in [-0.1, -0.05) is 12.4 Å². The topological polar surface area (TPSA) is 111 Å². The maximum atomic E-state index is 11.6. The van der Waals surface area contributed by atoms with Crippen LogP contribution in [-0.2, 0) is 6.42 Å². The predicted octanol–water partition coefficient (Wildman–Crippen LogP) is -0.859. The van der Waals surface area contributed by atoms with Crippen LogP contribution in [0.2, 0.25) is 6.32 Å². The van der Waals surface area contributed by atoms with E-state index in [0.717, 1.165) is 12.9 Å². The molecule has 0 aromatic heterocycles. The second-order valence-corrected chi connectivity index (χ2v) is 6.70. The summed E-state index contributed by atoms with van der Waals surface area (Å²) in [4.78, 5) is 15.8. The molecule has 1 atom stereocenters. The summed E-state index contributed by atoms with van der Waals surface area (Å²) in [5.74, 6) is -1.14. The third-order valence-electron chi connectivity index (χ3n) is 4.76. The van der Waals surface area contributed by atoms with Crippen LogP contribution >= 0.6 is 0 Å². The van der Waals surface area contributed by atoms with Gasteiger partial charge in [0.1, 0.15) is 31.0 Å². The number of likely N-dealkylation sites (tertiary alicyclic amines) is 1. The molecule has 1 aliphatic rings. The number of phenols is 1. The first-order valence-corrected chi connectivity index (χ1v) is 8.95. The fourth-order valence-corrected chi connectivity index (χ4v) is 3.14. The van der Waals surface area contributed by atoms with Crippen molar-refractivity contribution in [2.24, 2.45) is 5.73 Å². The minimum absolute atomic E-state index is 0.0924. The molecule has 1 heterocycles. The van der Waals surface area contributed by atoms with Crippen molar-refractivity contribution < 1.29 is 19.7 Å². The molecule has 2 rings (SSSR count). The van der Waals surface area contributed by atoms with Crippen molar-refractivity contribution in [2.45, 2.75) is 25.0 Å². The number of ether oxygens (including phenoxy) is 1. The number of carboxylic acids is 1. The summed E-state index contributed by atoms with van der Waals surface area (Å²) < 4.78 is 5.85. The lowest BCUT2D eigenvalue weighted by atomic mass is 9.95. The number of aryl methyl sites for hydroxylation is 1. The van der Waals surface area contributed by atoms with E-state index in [1.807, 2.05) is 26.8 Å². The summed E-state index contributed by atoms with van der Waals surface area (Å²) in [6, 6.07) is 3.39. The van der Waals surface area contributed by atoms with Crippen molar-refractivity contribution in [3.05, 3.63) is 23.3 Å². The lowest BCUT2D eigenvalue weighted by Gasteiger charge is -2.42. The molecule has 0 radical (unpaired) electrons. The lowest BCUT2D eigenvalue weighted by Crippen LogP contribution is -2.60. The molecular formula is C17H29BN4O4. The Morgan fingerprint density at radius 2 is 2.23 bits per heavy atom. The number of rotatable bonds is 10. The van der Waals surface area contributed by atoms with Gasteiger partial charge < -0.3 is 26.0 Å². The van der Waals surface area contributed by atoms with E-state index in [0.29, 0.717) is 31.7 Å². The van der Waals surface area contributed by atoms with Gasteiger partial charge in [-0.15, -0.1) is 0 Å². The second-order valence-electron chi connectivity index (χ2n) is 6.70. The number of benzene rings is 1. The van der Waals surface area contributed by atoms with Crippen LogP contribution in [0.15, 0.2) is 12.1 Å². The van der Waals surface area contributed by atoms with Gasteiger partial charge in [-0.25, -0.2) is 4.79 Å². The molecule has 0 spiro atoms. The first kappa shape index (κ1) is 20.5. The van der Waals surface area contributed by atoms with Crippen LogP contribution in [0.3, 0.4) is 0 Å². The van der Waals surface area contributed by atoms with Crippen molar-refractivity contribution in [1.82, 2.24) is 15.1 Å². The number of aromatic carboxylic acids is 1. The van der Waals surface area contributed by atoms with Gasteiger partial charge >= 0.3 is 5.97 Å². The Labute approximate surface area is 155 Å². The van der Waals surface area contributed by atoms with Crippen LogP contribution in [0.25, 0.3) is 0 Å². The normalized spacial score (nSPS) is 16.5. The molecule has 0 amide bonds. The van der Waals surface area contributed by atoms with E-state index in [1.165, 1.54) is 0 Å². The van der Waals surface area contributed by atoms with Crippen molar-refractivity contribution in [3.63, 3.8) is 0 Å². The molecule has 26 heavy (non-hydrogen) atoms. The molecule has 1 fully saturated rings. The van der Waals surface area contributed by atoms with Gasteiger partial charge in [0.2, 0.25) is 0 Å². The number of nitrogens with zero attached hydrogens (tertiary/aromatic N) is 2. The fraction of sp³-hybridized carbons (Fsp3) is 0.588. The minimum atomic E-state index is -1.17. The summed E-state index contributed by atoms with van der Waals surface area (Å²) in [5, 5.41) is 22.9. The number of hydrogen-bond acceptors (Lipinski definition) is 7. The van der Waals surface area contributed by atoms with Crippen LogP contribution in [-0.4, -0.2) is 86.5 Å². The third kappa shape index (κ3) is 4.67. The van der Waals surface area contributed by atoms with E-state index in [9.17, 15) is 15.0 Å². The summed E-state index contributed by atoms with van der Waals surface area (Å²) in [5.41, 5.74) is 6.16. The van der Waals surface area contributed by atoms with E-state index in [1.54, 1.807) is 12.1 Å². The monoisotopic (exact) mass is 364 g/mol. The maximum absolute atomic E-state index is 11.6. The van der Waals surface area contributed by atoms with E-state index < -0.39 is 5.97 Å². The Kier molecular flexibility index (Phi) is 7.28. The number of nitrogens with two attached hydrogens (primary N) is 1. The molecule has 144 valence electrons. The average molecular weight is 364 g/mol. The van der Waals surface area contributed by atoms with Crippen molar-refractivity contribution in [2.75, 3.05) is 40.4 Å². The number of likely N-dealkylation sites (N-methyl/N-ethyl adjacent to an activating group) is 2. The molecule has 0 aliphatic carbocycles. The molecule has 1 aliphatic heterocycles. The predicted molar refractivity (Wildman–Crippen MR) is 103 cm³/mol. The minimum Gasteiger partial charge on any atom is -0.507 e. The highest BCUT2D eigenvalue weighted by Crippen LogP contribution is 2.33. The van der Waals surface area contributed by atoms with Gasteiger partial charge in [0, 0.05) is 26.3 Å². The zero-order chi connectivity index (χ0) is 19.3. The van der Waals surface area contributed by atoms with Gasteiger partial charge in [0.05, 0.1) is 6.17 Å². The lowest BCUT2D eigenvalue weighted by molar-refractivity contribution is -0.000335. The van der Waals surface area contributed by atoms with E-state index >= 15 is 0 Å². The average Bonchev–Trinajstić information content (AvgIpc) is 2.58. The summed E-state index contributed by atoms with van der Waals surface area (Å²) in [6.45, 7) is 2.67. The van der Waals surface area contributed by atoms with Gasteiger partial charge in [0.25, 0.3) is 0 Å². The Morgan fingerprint density at radius 3 is 2.77 bits per heavy atom. The van der Waals surface area contributed by atoms with Gasteiger partial charge in [-0.3, -0.25) is 9.80 Å². The van der Waals surface area contributed by atoms with E-state index in [4.69, 9.17) is 10.5 Å². The molecule has 1 unspecified atom stereocenters. The molecule has 1 aromatic carbocycles. The molecule has 1 saturated heterocycles. The Morgan fingerprint density at radius 1 is 1.54 bits per heavy atom. The first-order valence-electron chi connectivity index (χ1n) is 8.95. The molecule has 0 saturated carbocycles. The third-order valence-corrected chi connectivity index (χ3v) is 4.76. The van der Waals surface area contributed by atoms with E-state index in [2.05, 4.69) is 10.2 Å². The molecule has 9 heteroatoms. The quantitative estimate of drug-likeness (QED) is 0.314. The van der Waals surface area contributed by atoms with Crippen LogP contribution < -0.4 is 15.8 Å². The maximum Gasteiger partial charge on any atom is 0.343 e. The molecule has 0 bridgehead atoms. The highest BCUT2D eigenvalue weighted by molar-refractivity contribution is 6.08. The second kappa shape index (κ2) is 9.22. The Bertz CT molecular complexity index is 625. The summed E-state index contributed by atoms with van der Waals surface area (Å²) >= 11 is 0. The standard InChI is InChI=1S/C17H29BN4O4/c1-20-14(21(2)10-19)9-22-7-12(8-22)26-13-4-3-11(5-6-18)16(23)15(13)17(24)25/h3-4,12,14,20,23H,5-10,18-19H2,1-2H3,(H,24,25). The van der Waals surface area contributed by atoms with Gasteiger partial charge in [-0.05, 0) is 32.1 Å². The zero-order valence-electron chi connectivity index (χ0n) is 15.7. The first-order chi connectivity index (χ1) is 12.4. The number of carbonyl (C=O) groups is 1. The van der Waals surface area contributed by atoms with Crippen LogP contribution in [0.5, 0.6) is 11.5 Å². The van der Waals surface area contributed by atoms with Crippen LogP contribution in [0, 0.1) is 0 Å². The fourth-order valence-electron chi connectivity index (χ4n) is 3.14. The molecule has 1 aromatic rings. The van der Waals surface area contributed by atoms with E-state index in [-0.39, 0.29) is 29.3 Å². The molecule has 8 nitrogen and oxygen atoms in total. The highest BCUT2D eigenvalue weighted by atomic mass is 16.5.